The molecule has 0 saturated carbocycles. The molecule has 0 saturated heterocycles. The summed E-state index contributed by atoms with van der Waals surface area (Å²) in [4.78, 5) is 8.60. The minimum absolute atomic E-state index is 0.686. The summed E-state index contributed by atoms with van der Waals surface area (Å²) in [5.41, 5.74) is 8.27. The quantitative estimate of drug-likeness (QED) is 0.789. The molecule has 17 heavy (non-hydrogen) atoms. The van der Waals surface area contributed by atoms with Crippen LogP contribution in [0.25, 0.3) is 5.70 Å². The first kappa shape index (κ1) is 13.2. The van der Waals surface area contributed by atoms with Gasteiger partial charge in [-0.15, -0.1) is 0 Å². The van der Waals surface area contributed by atoms with Crippen molar-refractivity contribution in [2.24, 2.45) is 10.7 Å². The first-order valence-electron chi connectivity index (χ1n) is 5.84. The molecule has 0 spiro atoms. The fourth-order valence-electron chi connectivity index (χ4n) is 1.42. The molecule has 0 aliphatic carbocycles. The van der Waals surface area contributed by atoms with E-state index in [-0.39, 0.29) is 0 Å². The number of hydrogen-bond acceptors (Lipinski definition) is 3. The summed E-state index contributed by atoms with van der Waals surface area (Å²) >= 11 is 0. The van der Waals surface area contributed by atoms with Gasteiger partial charge in [0.1, 0.15) is 5.70 Å². The van der Waals surface area contributed by atoms with Gasteiger partial charge in [0, 0.05) is 18.6 Å². The van der Waals surface area contributed by atoms with Crippen molar-refractivity contribution in [3.8, 4) is 0 Å². The Morgan fingerprint density at radius 1 is 1.47 bits per heavy atom. The lowest BCUT2D eigenvalue weighted by Crippen LogP contribution is -1.93. The zero-order valence-electron chi connectivity index (χ0n) is 10.4. The van der Waals surface area contributed by atoms with Crippen molar-refractivity contribution in [2.75, 3.05) is 0 Å². The lowest BCUT2D eigenvalue weighted by molar-refractivity contribution is 0.912. The lowest BCUT2D eigenvalue weighted by atomic mass is 10.1. The summed E-state index contributed by atoms with van der Waals surface area (Å²) in [7, 11) is 0. The maximum Gasteiger partial charge on any atom is 0.104 e. The number of pyridine rings is 1. The molecule has 0 bridgehead atoms. The maximum atomic E-state index is 5.54. The third-order valence-electron chi connectivity index (χ3n) is 2.28. The summed E-state index contributed by atoms with van der Waals surface area (Å²) in [6.45, 7) is 4.09. The van der Waals surface area contributed by atoms with Gasteiger partial charge >= 0.3 is 0 Å². The van der Waals surface area contributed by atoms with Crippen LogP contribution in [0.4, 0.5) is 0 Å². The van der Waals surface area contributed by atoms with E-state index in [2.05, 4.69) is 23.0 Å². The molecule has 1 heterocycles. The first-order valence-corrected chi connectivity index (χ1v) is 5.84. The van der Waals surface area contributed by atoms with E-state index in [1.54, 1.807) is 6.21 Å². The van der Waals surface area contributed by atoms with Crippen LogP contribution in [0.1, 0.15) is 31.5 Å². The molecular weight excluding hydrogens is 210 g/mol. The summed E-state index contributed by atoms with van der Waals surface area (Å²) in [5, 5.41) is 0. The molecule has 0 amide bonds. The predicted molar refractivity (Wildman–Crippen MR) is 73.7 cm³/mol. The van der Waals surface area contributed by atoms with Crippen LogP contribution in [0, 0.1) is 0 Å². The van der Waals surface area contributed by atoms with Gasteiger partial charge < -0.3 is 5.73 Å². The Balaban J connectivity index is 2.83. The Hall–Kier alpha value is -1.90. The molecule has 0 radical (unpaired) electrons. The molecule has 0 aliphatic heterocycles. The first-order chi connectivity index (χ1) is 8.31. The Morgan fingerprint density at radius 2 is 2.29 bits per heavy atom. The molecule has 2 N–H and O–H groups in total. The highest BCUT2D eigenvalue weighted by atomic mass is 14.8. The van der Waals surface area contributed by atoms with Crippen LogP contribution in [-0.2, 0) is 6.42 Å². The molecule has 0 aromatic carbocycles. The summed E-state index contributed by atoms with van der Waals surface area (Å²) in [6.07, 6.45) is 11.0. The molecule has 1 aromatic heterocycles. The van der Waals surface area contributed by atoms with Crippen molar-refractivity contribution in [1.82, 2.24) is 4.98 Å². The smallest absolute Gasteiger partial charge is 0.104 e. The third kappa shape index (κ3) is 4.23. The number of nitrogens with two attached hydrogens (primary N) is 1. The average molecular weight is 229 g/mol. The molecule has 0 aliphatic rings. The van der Waals surface area contributed by atoms with Crippen molar-refractivity contribution in [3.05, 3.63) is 47.9 Å². The van der Waals surface area contributed by atoms with E-state index in [4.69, 9.17) is 5.73 Å². The van der Waals surface area contributed by atoms with E-state index < -0.39 is 0 Å². The van der Waals surface area contributed by atoms with Gasteiger partial charge in [-0.3, -0.25) is 9.98 Å². The zero-order chi connectivity index (χ0) is 12.5. The molecule has 1 rings (SSSR count). The van der Waals surface area contributed by atoms with Gasteiger partial charge in [0.15, 0.2) is 0 Å². The molecular formula is C14H19N3. The average Bonchev–Trinajstić information content (AvgIpc) is 2.36. The molecule has 1 aromatic rings. The largest absolute Gasteiger partial charge is 0.403 e. The van der Waals surface area contributed by atoms with E-state index in [0.29, 0.717) is 5.70 Å². The van der Waals surface area contributed by atoms with Crippen LogP contribution < -0.4 is 5.73 Å². The van der Waals surface area contributed by atoms with E-state index in [0.717, 1.165) is 18.5 Å². The Bertz CT molecular complexity index is 414. The fraction of sp³-hybridized carbons (Fsp3) is 0.286. The zero-order valence-corrected chi connectivity index (χ0v) is 10.4. The Labute approximate surface area is 103 Å². The Morgan fingerprint density at radius 3 is 2.82 bits per heavy atom. The standard InChI is InChI=1S/C14H19N3/c1-3-5-9-16-14(10-15)13-8-7-12(6-4-2)11-17-13/h3,5,7-11H,4,6,15H2,1-2H3/b5-3-,14-10-,16-9+. The number of aryl methyl sites for hydroxylation is 1. The van der Waals surface area contributed by atoms with Gasteiger partial charge in [0.25, 0.3) is 0 Å². The summed E-state index contributed by atoms with van der Waals surface area (Å²) in [5.74, 6) is 0. The minimum atomic E-state index is 0.686. The van der Waals surface area contributed by atoms with E-state index in [1.165, 1.54) is 11.8 Å². The van der Waals surface area contributed by atoms with Gasteiger partial charge in [-0.1, -0.05) is 25.5 Å². The van der Waals surface area contributed by atoms with Crippen molar-refractivity contribution in [1.29, 1.82) is 0 Å². The SMILES string of the molecule is C\C=C/C=N/C(=C\N)c1ccc(CCC)cn1. The van der Waals surface area contributed by atoms with E-state index in [1.807, 2.05) is 31.3 Å². The number of rotatable bonds is 5. The van der Waals surface area contributed by atoms with Crippen LogP contribution >= 0.6 is 0 Å². The topological polar surface area (TPSA) is 51.3 Å². The van der Waals surface area contributed by atoms with Crippen LogP contribution in [0.5, 0.6) is 0 Å². The summed E-state index contributed by atoms with van der Waals surface area (Å²) < 4.78 is 0. The number of hydrogen-bond donors (Lipinski definition) is 1. The van der Waals surface area contributed by atoms with Crippen molar-refractivity contribution in [2.45, 2.75) is 26.7 Å². The molecule has 0 atom stereocenters. The van der Waals surface area contributed by atoms with Crippen molar-refractivity contribution in [3.63, 3.8) is 0 Å². The highest BCUT2D eigenvalue weighted by Crippen LogP contribution is 2.12. The van der Waals surface area contributed by atoms with E-state index >= 15 is 0 Å². The molecule has 90 valence electrons. The number of aromatic nitrogens is 1. The number of allylic oxidation sites excluding steroid dienone is 2. The highest BCUT2D eigenvalue weighted by molar-refractivity contribution is 5.78. The third-order valence-corrected chi connectivity index (χ3v) is 2.28. The number of nitrogens with zero attached hydrogens (tertiary/aromatic N) is 2. The second-order valence-corrected chi connectivity index (χ2v) is 3.66. The van der Waals surface area contributed by atoms with Gasteiger partial charge in [0.2, 0.25) is 0 Å². The monoisotopic (exact) mass is 229 g/mol. The second-order valence-electron chi connectivity index (χ2n) is 3.66. The Kier molecular flexibility index (Phi) is 5.72. The van der Waals surface area contributed by atoms with Crippen molar-refractivity contribution < 1.29 is 0 Å². The van der Waals surface area contributed by atoms with Gasteiger partial charge in [0.05, 0.1) is 5.69 Å². The van der Waals surface area contributed by atoms with Gasteiger partial charge in [-0.05, 0) is 31.1 Å². The molecule has 0 unspecified atom stereocenters. The van der Waals surface area contributed by atoms with Gasteiger partial charge in [-0.2, -0.15) is 0 Å². The predicted octanol–water partition coefficient (Wildman–Crippen LogP) is 2.94. The second kappa shape index (κ2) is 7.39. The summed E-state index contributed by atoms with van der Waals surface area (Å²) in [6, 6.07) is 4.03. The van der Waals surface area contributed by atoms with Crippen LogP contribution in [-0.4, -0.2) is 11.2 Å². The lowest BCUT2D eigenvalue weighted by Gasteiger charge is -2.02. The molecule has 3 nitrogen and oxygen atoms in total. The highest BCUT2D eigenvalue weighted by Gasteiger charge is 2.00. The van der Waals surface area contributed by atoms with Crippen LogP contribution in [0.2, 0.25) is 0 Å². The van der Waals surface area contributed by atoms with Crippen molar-refractivity contribution >= 4 is 11.9 Å². The normalized spacial score (nSPS) is 12.7. The molecule has 0 fully saturated rings. The maximum absolute atomic E-state index is 5.54. The van der Waals surface area contributed by atoms with Crippen LogP contribution in [0.15, 0.2) is 41.7 Å². The number of aliphatic imine (C=N–C) groups is 1. The fourth-order valence-corrected chi connectivity index (χ4v) is 1.42. The minimum Gasteiger partial charge on any atom is -0.403 e. The molecule has 3 heteroatoms. The van der Waals surface area contributed by atoms with Gasteiger partial charge in [-0.25, -0.2) is 0 Å². The van der Waals surface area contributed by atoms with Crippen LogP contribution in [0.3, 0.4) is 0 Å². The van der Waals surface area contributed by atoms with E-state index in [9.17, 15) is 0 Å².